The first-order valence-electron chi connectivity index (χ1n) is 2.99. The largest absolute Gasteiger partial charge is 0.480 e. The molecule has 1 rings (SSSR count). The summed E-state index contributed by atoms with van der Waals surface area (Å²) in [6.45, 7) is 1.87. The molecule has 0 aliphatic carbocycles. The quantitative estimate of drug-likeness (QED) is 0.518. The molecule has 0 spiro atoms. The van der Waals surface area contributed by atoms with Crippen LogP contribution < -0.4 is 5.43 Å². The van der Waals surface area contributed by atoms with Crippen LogP contribution in [0.15, 0.2) is 0 Å². The predicted molar refractivity (Wildman–Crippen MR) is 31.8 cm³/mol. The van der Waals surface area contributed by atoms with Crippen molar-refractivity contribution in [2.45, 2.75) is 6.42 Å². The van der Waals surface area contributed by atoms with Crippen LogP contribution in [0.1, 0.15) is 6.42 Å². The van der Waals surface area contributed by atoms with Crippen LogP contribution in [0.2, 0.25) is 0 Å². The van der Waals surface area contributed by atoms with E-state index in [0.717, 1.165) is 19.5 Å². The van der Waals surface area contributed by atoms with Crippen molar-refractivity contribution in [2.24, 2.45) is 0 Å². The Labute approximate surface area is 53.4 Å². The first-order chi connectivity index (χ1) is 4.29. The molecule has 1 fully saturated rings. The Morgan fingerprint density at radius 2 is 2.56 bits per heavy atom. The summed E-state index contributed by atoms with van der Waals surface area (Å²) in [6.07, 6.45) is 1.05. The van der Waals surface area contributed by atoms with Gasteiger partial charge in [-0.2, -0.15) is 0 Å². The lowest BCUT2D eigenvalue weighted by molar-refractivity contribution is -0.138. The smallest absolute Gasteiger partial charge is 0.319 e. The fourth-order valence-electron chi connectivity index (χ4n) is 0.884. The highest BCUT2D eigenvalue weighted by molar-refractivity contribution is 5.68. The van der Waals surface area contributed by atoms with E-state index in [4.69, 9.17) is 5.11 Å². The number of nitrogens with one attached hydrogen (secondary N) is 1. The van der Waals surface area contributed by atoms with Gasteiger partial charge in [0.25, 0.3) is 0 Å². The standard InChI is InChI=1S/C5H10N2O2/c8-5(9)4-7-3-1-2-6-7/h6H,1-4H2,(H,8,9). The molecule has 0 aromatic rings. The minimum atomic E-state index is -0.774. The summed E-state index contributed by atoms with van der Waals surface area (Å²) in [5, 5.41) is 10.0. The Morgan fingerprint density at radius 3 is 3.00 bits per heavy atom. The zero-order chi connectivity index (χ0) is 6.69. The van der Waals surface area contributed by atoms with Crippen LogP contribution in [0.5, 0.6) is 0 Å². The lowest BCUT2D eigenvalue weighted by Gasteiger charge is -2.10. The third kappa shape index (κ3) is 1.99. The zero-order valence-corrected chi connectivity index (χ0v) is 5.13. The van der Waals surface area contributed by atoms with Crippen molar-refractivity contribution in [3.8, 4) is 0 Å². The Balaban J connectivity index is 2.19. The van der Waals surface area contributed by atoms with E-state index in [1.54, 1.807) is 5.01 Å². The third-order valence-corrected chi connectivity index (χ3v) is 1.27. The van der Waals surface area contributed by atoms with E-state index in [1.165, 1.54) is 0 Å². The maximum absolute atomic E-state index is 10.1. The molecule has 4 heteroatoms. The number of hydrogen-bond donors (Lipinski definition) is 2. The molecule has 0 amide bonds. The Hall–Kier alpha value is -0.610. The van der Waals surface area contributed by atoms with Crippen molar-refractivity contribution in [3.05, 3.63) is 0 Å². The lowest BCUT2D eigenvalue weighted by Crippen LogP contribution is -2.35. The summed E-state index contributed by atoms with van der Waals surface area (Å²) < 4.78 is 0. The fourth-order valence-corrected chi connectivity index (χ4v) is 0.884. The summed E-state index contributed by atoms with van der Waals surface area (Å²) >= 11 is 0. The molecule has 1 aliphatic rings. The number of carbonyl (C=O) groups is 1. The number of aliphatic carboxylic acids is 1. The number of nitrogens with zero attached hydrogens (tertiary/aromatic N) is 1. The summed E-state index contributed by atoms with van der Waals surface area (Å²) in [5.74, 6) is -0.774. The molecule has 0 atom stereocenters. The van der Waals surface area contributed by atoms with E-state index in [-0.39, 0.29) is 6.54 Å². The van der Waals surface area contributed by atoms with Gasteiger partial charge in [-0.15, -0.1) is 0 Å². The van der Waals surface area contributed by atoms with Crippen LogP contribution in [-0.2, 0) is 4.79 Å². The van der Waals surface area contributed by atoms with Gasteiger partial charge < -0.3 is 5.11 Å². The molecule has 0 aromatic heterocycles. The van der Waals surface area contributed by atoms with Gasteiger partial charge in [-0.25, -0.2) is 5.01 Å². The van der Waals surface area contributed by atoms with Gasteiger partial charge in [0.15, 0.2) is 0 Å². The predicted octanol–water partition coefficient (Wildman–Crippen LogP) is -0.719. The average molecular weight is 130 g/mol. The Kier molecular flexibility index (Phi) is 2.02. The van der Waals surface area contributed by atoms with Gasteiger partial charge in [0.2, 0.25) is 0 Å². The summed E-state index contributed by atoms with van der Waals surface area (Å²) in [4.78, 5) is 10.1. The van der Waals surface area contributed by atoms with Gasteiger partial charge >= 0.3 is 5.97 Å². The molecule has 1 saturated heterocycles. The van der Waals surface area contributed by atoms with Gasteiger partial charge in [-0.05, 0) is 6.42 Å². The maximum Gasteiger partial charge on any atom is 0.319 e. The van der Waals surface area contributed by atoms with E-state index in [2.05, 4.69) is 5.43 Å². The van der Waals surface area contributed by atoms with Crippen LogP contribution in [-0.4, -0.2) is 35.7 Å². The van der Waals surface area contributed by atoms with E-state index in [1.807, 2.05) is 0 Å². The van der Waals surface area contributed by atoms with E-state index >= 15 is 0 Å². The molecule has 0 saturated carbocycles. The molecule has 0 bridgehead atoms. The minimum absolute atomic E-state index is 0.111. The highest BCUT2D eigenvalue weighted by Gasteiger charge is 2.12. The third-order valence-electron chi connectivity index (χ3n) is 1.27. The molecule has 0 radical (unpaired) electrons. The topological polar surface area (TPSA) is 52.6 Å². The van der Waals surface area contributed by atoms with E-state index < -0.39 is 5.97 Å². The highest BCUT2D eigenvalue weighted by Crippen LogP contribution is 1.93. The normalized spacial score (nSPS) is 20.4. The van der Waals surface area contributed by atoms with Crippen molar-refractivity contribution in [3.63, 3.8) is 0 Å². The SMILES string of the molecule is O=C(O)CN1CCCN1. The first kappa shape index (κ1) is 6.51. The zero-order valence-electron chi connectivity index (χ0n) is 5.13. The molecule has 0 unspecified atom stereocenters. The minimum Gasteiger partial charge on any atom is -0.480 e. The van der Waals surface area contributed by atoms with Crippen LogP contribution in [0, 0.1) is 0 Å². The van der Waals surface area contributed by atoms with Crippen molar-refractivity contribution in [1.82, 2.24) is 10.4 Å². The molecule has 0 aromatic carbocycles. The summed E-state index contributed by atoms with van der Waals surface area (Å²) in [7, 11) is 0. The van der Waals surface area contributed by atoms with Crippen LogP contribution >= 0.6 is 0 Å². The summed E-state index contributed by atoms with van der Waals surface area (Å²) in [6, 6.07) is 0. The molecule has 4 nitrogen and oxygen atoms in total. The molecule has 9 heavy (non-hydrogen) atoms. The number of rotatable bonds is 2. The number of carboxylic acid groups (broad SMARTS) is 1. The molecule has 1 aliphatic heterocycles. The maximum atomic E-state index is 10.1. The number of carboxylic acids is 1. The lowest BCUT2D eigenvalue weighted by atomic mass is 10.5. The summed E-state index contributed by atoms with van der Waals surface area (Å²) in [5.41, 5.74) is 2.94. The van der Waals surface area contributed by atoms with Gasteiger partial charge in [-0.3, -0.25) is 10.2 Å². The van der Waals surface area contributed by atoms with Gasteiger partial charge in [0.05, 0.1) is 0 Å². The van der Waals surface area contributed by atoms with Gasteiger partial charge in [0, 0.05) is 13.1 Å². The second-order valence-corrected chi connectivity index (χ2v) is 2.08. The van der Waals surface area contributed by atoms with Crippen LogP contribution in [0.3, 0.4) is 0 Å². The van der Waals surface area contributed by atoms with Crippen molar-refractivity contribution in [2.75, 3.05) is 19.6 Å². The fraction of sp³-hybridized carbons (Fsp3) is 0.800. The first-order valence-corrected chi connectivity index (χ1v) is 2.99. The van der Waals surface area contributed by atoms with Crippen molar-refractivity contribution in [1.29, 1.82) is 0 Å². The number of hydrogen-bond acceptors (Lipinski definition) is 3. The highest BCUT2D eigenvalue weighted by atomic mass is 16.4. The van der Waals surface area contributed by atoms with Crippen LogP contribution in [0.4, 0.5) is 0 Å². The molecular weight excluding hydrogens is 120 g/mol. The van der Waals surface area contributed by atoms with Gasteiger partial charge in [0.1, 0.15) is 6.54 Å². The molecule has 2 N–H and O–H groups in total. The van der Waals surface area contributed by atoms with Crippen molar-refractivity contribution >= 4 is 5.97 Å². The number of hydrazine groups is 1. The molecular formula is C5H10N2O2. The molecule has 1 heterocycles. The van der Waals surface area contributed by atoms with E-state index in [9.17, 15) is 4.79 Å². The average Bonchev–Trinajstić information content (AvgIpc) is 2.15. The van der Waals surface area contributed by atoms with Gasteiger partial charge in [-0.1, -0.05) is 0 Å². The second kappa shape index (κ2) is 2.80. The Bertz CT molecular complexity index is 110. The molecule has 52 valence electrons. The van der Waals surface area contributed by atoms with E-state index in [0.29, 0.717) is 0 Å². The van der Waals surface area contributed by atoms with Crippen LogP contribution in [0.25, 0.3) is 0 Å². The Morgan fingerprint density at radius 1 is 1.78 bits per heavy atom. The second-order valence-electron chi connectivity index (χ2n) is 2.08. The monoisotopic (exact) mass is 130 g/mol. The van der Waals surface area contributed by atoms with Crippen molar-refractivity contribution < 1.29 is 9.90 Å².